The molecule has 6 nitrogen and oxygen atoms in total. The predicted octanol–water partition coefficient (Wildman–Crippen LogP) is 0.690. The first-order valence-electron chi connectivity index (χ1n) is 5.12. The van der Waals surface area contributed by atoms with Crippen LogP contribution in [-0.2, 0) is 0 Å². The Kier molecular flexibility index (Phi) is 7.44. The highest BCUT2D eigenvalue weighted by molar-refractivity contribution is 9.10. The fourth-order valence-electron chi connectivity index (χ4n) is 0.986. The number of hydrogen-bond acceptors (Lipinski definition) is 6. The highest BCUT2D eigenvalue weighted by Gasteiger charge is 2.09. The number of likely N-dealkylation sites (N-methyl/N-ethyl adjacent to an activating group) is 1. The first kappa shape index (κ1) is 15.8. The van der Waals surface area contributed by atoms with E-state index in [-0.39, 0.29) is 6.61 Å². The van der Waals surface area contributed by atoms with E-state index >= 15 is 0 Å². The van der Waals surface area contributed by atoms with Crippen LogP contribution in [0.2, 0.25) is 0 Å². The molecule has 0 aromatic carbocycles. The number of aliphatic hydroxyl groups is 1. The maximum absolute atomic E-state index is 9.07. The van der Waals surface area contributed by atoms with Crippen molar-refractivity contribution in [1.82, 2.24) is 15.0 Å². The molecule has 96 valence electrons. The third-order valence-electron chi connectivity index (χ3n) is 1.78. The minimum absolute atomic E-state index is 0.253. The van der Waals surface area contributed by atoms with Crippen LogP contribution in [0.15, 0.2) is 22.7 Å². The summed E-state index contributed by atoms with van der Waals surface area (Å²) in [5.41, 5.74) is 6.96. The minimum Gasteiger partial charge on any atom is -0.395 e. The van der Waals surface area contributed by atoms with Crippen molar-refractivity contribution in [3.63, 3.8) is 0 Å². The molecule has 0 saturated heterocycles. The largest absolute Gasteiger partial charge is 0.395 e. The van der Waals surface area contributed by atoms with Crippen LogP contribution >= 0.6 is 15.9 Å². The Morgan fingerprint density at radius 3 is 2.35 bits per heavy atom. The molecule has 0 spiro atoms. The molecule has 0 aliphatic carbocycles. The Bertz CT molecular complexity index is 363. The summed E-state index contributed by atoms with van der Waals surface area (Å²) >= 11 is 3.16. The van der Waals surface area contributed by atoms with Crippen molar-refractivity contribution in [1.29, 1.82) is 0 Å². The average Bonchev–Trinajstić information content (AvgIpc) is 2.32. The summed E-state index contributed by atoms with van der Waals surface area (Å²) in [4.78, 5) is 8.02. The zero-order valence-corrected chi connectivity index (χ0v) is 11.8. The fourth-order valence-corrected chi connectivity index (χ4v) is 1.19. The van der Waals surface area contributed by atoms with E-state index in [1.807, 2.05) is 13.8 Å². The van der Waals surface area contributed by atoms with Gasteiger partial charge in [0.25, 0.3) is 0 Å². The summed E-state index contributed by atoms with van der Waals surface area (Å²) < 4.78 is 0.616. The number of rotatable bonds is 3. The normalized spacial score (nSPS) is 11.2. The monoisotopic (exact) mass is 303 g/mol. The summed E-state index contributed by atoms with van der Waals surface area (Å²) in [5, 5.41) is 10.3. The number of hydrazine groups is 1. The van der Waals surface area contributed by atoms with Crippen molar-refractivity contribution in [2.24, 2.45) is 11.6 Å². The highest BCUT2D eigenvalue weighted by Crippen LogP contribution is 2.12. The fraction of sp³-hybridized carbons (Fsp3) is 0.400. The lowest BCUT2D eigenvalue weighted by atomic mass is 10.2. The van der Waals surface area contributed by atoms with Gasteiger partial charge >= 0.3 is 0 Å². The van der Waals surface area contributed by atoms with Gasteiger partial charge in [0.1, 0.15) is 10.3 Å². The van der Waals surface area contributed by atoms with Gasteiger partial charge in [0.15, 0.2) is 0 Å². The maximum atomic E-state index is 9.07. The molecule has 1 rings (SSSR count). The number of aromatic nitrogens is 2. The number of hydrogen-bond donors (Lipinski definition) is 3. The molecule has 17 heavy (non-hydrogen) atoms. The van der Waals surface area contributed by atoms with E-state index in [2.05, 4.69) is 25.9 Å². The van der Waals surface area contributed by atoms with E-state index in [0.717, 1.165) is 0 Å². The van der Waals surface area contributed by atoms with Crippen LogP contribution in [0.25, 0.3) is 5.70 Å². The molecule has 0 radical (unpaired) electrons. The second-order valence-corrected chi connectivity index (χ2v) is 3.67. The van der Waals surface area contributed by atoms with Crippen molar-refractivity contribution in [3.05, 3.63) is 28.4 Å². The molecular weight excluding hydrogens is 286 g/mol. The zero-order valence-electron chi connectivity index (χ0n) is 10.2. The molecule has 0 amide bonds. The molecular formula is C10H18BrN5O. The molecule has 0 fully saturated rings. The van der Waals surface area contributed by atoms with Crippen molar-refractivity contribution in [3.8, 4) is 0 Å². The van der Waals surface area contributed by atoms with Crippen molar-refractivity contribution >= 4 is 21.6 Å². The molecule has 0 aliphatic heterocycles. The Labute approximate surface area is 109 Å². The Morgan fingerprint density at radius 1 is 1.41 bits per heavy atom. The highest BCUT2D eigenvalue weighted by atomic mass is 79.9. The number of halogens is 1. The molecule has 1 heterocycles. The van der Waals surface area contributed by atoms with Gasteiger partial charge in [-0.05, 0) is 15.9 Å². The maximum Gasteiger partial charge on any atom is 0.124 e. The standard InChI is InChI=1S/C8H12BrN5O.C2H6/c1-14(11)6(4-15)8(10)5-2-13-7(9)3-12-5;1-2/h2-3,15H,4,10-11H2,1H3;1-2H3/b8-6-;. The van der Waals surface area contributed by atoms with Gasteiger partial charge in [0, 0.05) is 7.05 Å². The molecule has 0 saturated carbocycles. The summed E-state index contributed by atoms with van der Waals surface area (Å²) in [7, 11) is 1.59. The number of nitrogens with two attached hydrogens (primary N) is 2. The molecule has 0 bridgehead atoms. The SMILES string of the molecule is CC.CN(N)/C(CO)=C(\N)c1cnc(Br)cn1. The van der Waals surface area contributed by atoms with Gasteiger partial charge in [0.05, 0.1) is 30.4 Å². The third-order valence-corrected chi connectivity index (χ3v) is 2.19. The molecule has 1 aromatic rings. The summed E-state index contributed by atoms with van der Waals surface area (Å²) in [5.74, 6) is 5.49. The molecule has 0 atom stereocenters. The van der Waals surface area contributed by atoms with Gasteiger partial charge in [0.2, 0.25) is 0 Å². The topological polar surface area (TPSA) is 101 Å². The van der Waals surface area contributed by atoms with Gasteiger partial charge in [-0.15, -0.1) is 0 Å². The lowest BCUT2D eigenvalue weighted by molar-refractivity contribution is 0.278. The Hall–Kier alpha value is -1.18. The van der Waals surface area contributed by atoms with E-state index in [1.54, 1.807) is 7.05 Å². The summed E-state index contributed by atoms with van der Waals surface area (Å²) in [6, 6.07) is 0. The Morgan fingerprint density at radius 2 is 2.00 bits per heavy atom. The van der Waals surface area contributed by atoms with Gasteiger partial charge in [-0.1, -0.05) is 13.8 Å². The molecule has 5 N–H and O–H groups in total. The second kappa shape index (κ2) is 7.99. The van der Waals surface area contributed by atoms with Crippen LogP contribution in [0.3, 0.4) is 0 Å². The van der Waals surface area contributed by atoms with E-state index in [0.29, 0.717) is 21.7 Å². The average molecular weight is 304 g/mol. The molecule has 0 aliphatic rings. The van der Waals surface area contributed by atoms with Crippen LogP contribution < -0.4 is 11.6 Å². The van der Waals surface area contributed by atoms with Gasteiger partial charge in [-0.25, -0.2) is 10.8 Å². The van der Waals surface area contributed by atoms with Crippen LogP contribution in [0, 0.1) is 0 Å². The second-order valence-electron chi connectivity index (χ2n) is 2.85. The number of nitrogens with zero attached hydrogens (tertiary/aromatic N) is 3. The van der Waals surface area contributed by atoms with Crippen molar-refractivity contribution < 1.29 is 5.11 Å². The quantitative estimate of drug-likeness (QED) is 0.561. The van der Waals surface area contributed by atoms with Crippen LogP contribution in [0.5, 0.6) is 0 Å². The summed E-state index contributed by atoms with van der Waals surface area (Å²) in [6.07, 6.45) is 3.02. The van der Waals surface area contributed by atoms with Crippen molar-refractivity contribution in [2.75, 3.05) is 13.7 Å². The molecule has 0 unspecified atom stereocenters. The van der Waals surface area contributed by atoms with Crippen molar-refractivity contribution in [2.45, 2.75) is 13.8 Å². The summed E-state index contributed by atoms with van der Waals surface area (Å²) in [6.45, 7) is 3.75. The lowest BCUT2D eigenvalue weighted by Crippen LogP contribution is -2.29. The molecule has 7 heteroatoms. The third kappa shape index (κ3) is 4.68. The first-order chi connectivity index (χ1) is 8.06. The smallest absolute Gasteiger partial charge is 0.124 e. The number of aliphatic hydroxyl groups excluding tert-OH is 1. The van der Waals surface area contributed by atoms with E-state index < -0.39 is 0 Å². The van der Waals surface area contributed by atoms with E-state index in [4.69, 9.17) is 16.7 Å². The van der Waals surface area contributed by atoms with Gasteiger partial charge < -0.3 is 15.8 Å². The minimum atomic E-state index is -0.253. The predicted molar refractivity (Wildman–Crippen MR) is 71.2 cm³/mol. The van der Waals surface area contributed by atoms with Crippen LogP contribution in [0.1, 0.15) is 19.5 Å². The molecule has 1 aromatic heterocycles. The van der Waals surface area contributed by atoms with Crippen LogP contribution in [0.4, 0.5) is 0 Å². The van der Waals surface area contributed by atoms with Gasteiger partial charge in [-0.2, -0.15) is 0 Å². The van der Waals surface area contributed by atoms with E-state index in [1.165, 1.54) is 17.4 Å². The zero-order chi connectivity index (χ0) is 13.4. The van der Waals surface area contributed by atoms with Gasteiger partial charge in [-0.3, -0.25) is 4.98 Å². The van der Waals surface area contributed by atoms with Crippen LogP contribution in [-0.4, -0.2) is 33.7 Å². The lowest BCUT2D eigenvalue weighted by Gasteiger charge is -2.17. The first-order valence-corrected chi connectivity index (χ1v) is 5.91. The Balaban J connectivity index is 0.00000121. The van der Waals surface area contributed by atoms with E-state index in [9.17, 15) is 0 Å².